The van der Waals surface area contributed by atoms with Gasteiger partial charge in [-0.25, -0.2) is 9.67 Å². The standard InChI is InChI=1S/C10H12N4/c1-11-10-5-3-2-4-9(10)6-14-8-12-7-13-14/h2-5,7-8,11H,6H2,1H3. The van der Waals surface area contributed by atoms with Crippen LogP contribution in [0.5, 0.6) is 0 Å². The first-order chi connectivity index (χ1) is 6.90. The van der Waals surface area contributed by atoms with Crippen LogP contribution in [0.15, 0.2) is 36.9 Å². The third-order valence-electron chi connectivity index (χ3n) is 2.09. The summed E-state index contributed by atoms with van der Waals surface area (Å²) in [7, 11) is 1.92. The summed E-state index contributed by atoms with van der Waals surface area (Å²) < 4.78 is 1.80. The van der Waals surface area contributed by atoms with E-state index in [0.29, 0.717) is 0 Å². The number of hydrogen-bond donors (Lipinski definition) is 1. The molecule has 0 radical (unpaired) electrons. The Kier molecular flexibility index (Phi) is 2.44. The quantitative estimate of drug-likeness (QED) is 0.791. The maximum atomic E-state index is 4.06. The van der Waals surface area contributed by atoms with Crippen molar-refractivity contribution in [3.63, 3.8) is 0 Å². The number of nitrogens with zero attached hydrogens (tertiary/aromatic N) is 3. The van der Waals surface area contributed by atoms with E-state index in [-0.39, 0.29) is 0 Å². The van der Waals surface area contributed by atoms with E-state index in [0.717, 1.165) is 12.2 Å². The number of benzene rings is 1. The van der Waals surface area contributed by atoms with E-state index in [2.05, 4.69) is 21.5 Å². The van der Waals surface area contributed by atoms with Crippen molar-refractivity contribution in [3.05, 3.63) is 42.5 Å². The van der Waals surface area contributed by atoms with Gasteiger partial charge in [0.15, 0.2) is 0 Å². The van der Waals surface area contributed by atoms with Crippen molar-refractivity contribution in [2.75, 3.05) is 12.4 Å². The number of hydrogen-bond acceptors (Lipinski definition) is 3. The summed E-state index contributed by atoms with van der Waals surface area (Å²) in [6, 6.07) is 8.16. The third kappa shape index (κ3) is 1.74. The highest BCUT2D eigenvalue weighted by atomic mass is 15.3. The number of nitrogens with one attached hydrogen (secondary N) is 1. The highest BCUT2D eigenvalue weighted by Crippen LogP contribution is 2.14. The molecule has 1 heterocycles. The van der Waals surface area contributed by atoms with Crippen molar-refractivity contribution in [2.45, 2.75) is 6.54 Å². The van der Waals surface area contributed by atoms with Gasteiger partial charge in [0, 0.05) is 12.7 Å². The smallest absolute Gasteiger partial charge is 0.137 e. The Labute approximate surface area is 82.6 Å². The Morgan fingerprint density at radius 3 is 2.93 bits per heavy atom. The number of aromatic nitrogens is 3. The average Bonchev–Trinajstić information content (AvgIpc) is 2.71. The van der Waals surface area contributed by atoms with Gasteiger partial charge < -0.3 is 5.32 Å². The molecule has 72 valence electrons. The molecular formula is C10H12N4. The van der Waals surface area contributed by atoms with Crippen molar-refractivity contribution in [1.82, 2.24) is 14.8 Å². The molecule has 0 aliphatic carbocycles. The van der Waals surface area contributed by atoms with Gasteiger partial charge in [0.05, 0.1) is 6.54 Å². The topological polar surface area (TPSA) is 42.7 Å². The highest BCUT2D eigenvalue weighted by Gasteiger charge is 2.00. The molecule has 14 heavy (non-hydrogen) atoms. The molecule has 4 heteroatoms. The summed E-state index contributed by atoms with van der Waals surface area (Å²) in [5.74, 6) is 0. The molecular weight excluding hydrogens is 176 g/mol. The molecule has 0 unspecified atom stereocenters. The molecule has 0 aliphatic heterocycles. The zero-order chi connectivity index (χ0) is 9.80. The first kappa shape index (κ1) is 8.74. The Morgan fingerprint density at radius 2 is 2.21 bits per heavy atom. The lowest BCUT2D eigenvalue weighted by Crippen LogP contribution is -2.03. The van der Waals surface area contributed by atoms with Gasteiger partial charge in [-0.3, -0.25) is 0 Å². The van der Waals surface area contributed by atoms with Gasteiger partial charge in [-0.1, -0.05) is 18.2 Å². The third-order valence-corrected chi connectivity index (χ3v) is 2.09. The van der Waals surface area contributed by atoms with Gasteiger partial charge >= 0.3 is 0 Å². The SMILES string of the molecule is CNc1ccccc1Cn1cncn1. The van der Waals surface area contributed by atoms with Gasteiger partial charge in [0.1, 0.15) is 12.7 Å². The van der Waals surface area contributed by atoms with Gasteiger partial charge in [0.25, 0.3) is 0 Å². The van der Waals surface area contributed by atoms with Crippen LogP contribution in [0.25, 0.3) is 0 Å². The molecule has 2 rings (SSSR count). The van der Waals surface area contributed by atoms with Crippen LogP contribution in [0, 0.1) is 0 Å². The monoisotopic (exact) mass is 188 g/mol. The second kappa shape index (κ2) is 3.91. The van der Waals surface area contributed by atoms with E-state index in [4.69, 9.17) is 0 Å². The van der Waals surface area contributed by atoms with Gasteiger partial charge in [0.2, 0.25) is 0 Å². The fraction of sp³-hybridized carbons (Fsp3) is 0.200. The number of rotatable bonds is 3. The zero-order valence-electron chi connectivity index (χ0n) is 8.01. The molecule has 4 nitrogen and oxygen atoms in total. The van der Waals surface area contributed by atoms with Crippen LogP contribution in [0.4, 0.5) is 5.69 Å². The normalized spacial score (nSPS) is 10.1. The molecule has 0 atom stereocenters. The van der Waals surface area contributed by atoms with Crippen molar-refractivity contribution < 1.29 is 0 Å². The lowest BCUT2D eigenvalue weighted by Gasteiger charge is -2.07. The Bertz CT molecular complexity index is 394. The van der Waals surface area contributed by atoms with Crippen LogP contribution in [-0.2, 0) is 6.54 Å². The summed E-state index contributed by atoms with van der Waals surface area (Å²) in [5.41, 5.74) is 2.34. The highest BCUT2D eigenvalue weighted by molar-refractivity contribution is 5.50. The maximum absolute atomic E-state index is 4.06. The Balaban J connectivity index is 2.24. The summed E-state index contributed by atoms with van der Waals surface area (Å²) in [6.07, 6.45) is 3.26. The molecule has 1 N–H and O–H groups in total. The van der Waals surface area contributed by atoms with Crippen LogP contribution in [0.3, 0.4) is 0 Å². The molecule has 0 amide bonds. The molecule has 0 saturated carbocycles. The number of anilines is 1. The molecule has 0 fully saturated rings. The minimum absolute atomic E-state index is 0.747. The average molecular weight is 188 g/mol. The van der Waals surface area contributed by atoms with Crippen LogP contribution in [-0.4, -0.2) is 21.8 Å². The molecule has 0 spiro atoms. The second-order valence-electron chi connectivity index (χ2n) is 3.00. The first-order valence-corrected chi connectivity index (χ1v) is 4.48. The number of para-hydroxylation sites is 1. The molecule has 2 aromatic rings. The molecule has 0 aliphatic rings. The minimum Gasteiger partial charge on any atom is -0.388 e. The van der Waals surface area contributed by atoms with Gasteiger partial charge in [-0.05, 0) is 11.6 Å². The van der Waals surface area contributed by atoms with Crippen molar-refractivity contribution in [2.24, 2.45) is 0 Å². The predicted octanol–water partition coefficient (Wildman–Crippen LogP) is 1.37. The molecule has 1 aromatic carbocycles. The van der Waals surface area contributed by atoms with Crippen molar-refractivity contribution in [3.8, 4) is 0 Å². The molecule has 1 aromatic heterocycles. The fourth-order valence-electron chi connectivity index (χ4n) is 1.39. The van der Waals surface area contributed by atoms with E-state index >= 15 is 0 Å². The summed E-state index contributed by atoms with van der Waals surface area (Å²) >= 11 is 0. The van der Waals surface area contributed by atoms with Crippen LogP contribution < -0.4 is 5.32 Å². The maximum Gasteiger partial charge on any atom is 0.137 e. The molecule has 0 saturated heterocycles. The lowest BCUT2D eigenvalue weighted by atomic mass is 10.2. The lowest BCUT2D eigenvalue weighted by molar-refractivity contribution is 0.686. The van der Waals surface area contributed by atoms with Crippen molar-refractivity contribution >= 4 is 5.69 Å². The largest absolute Gasteiger partial charge is 0.388 e. The van der Waals surface area contributed by atoms with E-state index in [1.165, 1.54) is 5.56 Å². The summed E-state index contributed by atoms with van der Waals surface area (Å²) in [5, 5.41) is 7.21. The van der Waals surface area contributed by atoms with Gasteiger partial charge in [-0.2, -0.15) is 5.10 Å². The second-order valence-corrected chi connectivity index (χ2v) is 3.00. The predicted molar refractivity (Wildman–Crippen MR) is 55.1 cm³/mol. The summed E-state index contributed by atoms with van der Waals surface area (Å²) in [6.45, 7) is 0.747. The van der Waals surface area contributed by atoms with Crippen LogP contribution in [0.1, 0.15) is 5.56 Å². The van der Waals surface area contributed by atoms with E-state index in [1.54, 1.807) is 17.3 Å². The van der Waals surface area contributed by atoms with E-state index in [9.17, 15) is 0 Å². The first-order valence-electron chi connectivity index (χ1n) is 4.48. The Hall–Kier alpha value is -1.84. The van der Waals surface area contributed by atoms with Crippen LogP contribution >= 0.6 is 0 Å². The fourth-order valence-corrected chi connectivity index (χ4v) is 1.39. The van der Waals surface area contributed by atoms with Gasteiger partial charge in [-0.15, -0.1) is 0 Å². The minimum atomic E-state index is 0.747. The Morgan fingerprint density at radius 1 is 1.36 bits per heavy atom. The van der Waals surface area contributed by atoms with Crippen LogP contribution in [0.2, 0.25) is 0 Å². The zero-order valence-corrected chi connectivity index (χ0v) is 8.01. The molecule has 0 bridgehead atoms. The van der Waals surface area contributed by atoms with E-state index < -0.39 is 0 Å². The summed E-state index contributed by atoms with van der Waals surface area (Å²) in [4.78, 5) is 3.91. The van der Waals surface area contributed by atoms with E-state index in [1.807, 2.05) is 25.2 Å². The van der Waals surface area contributed by atoms with Crippen molar-refractivity contribution in [1.29, 1.82) is 0 Å².